The Balaban J connectivity index is 2.06. The molecule has 0 aromatic heterocycles. The summed E-state index contributed by atoms with van der Waals surface area (Å²) in [5, 5.41) is 3.45. The molecule has 0 bridgehead atoms. The van der Waals surface area contributed by atoms with E-state index in [1.165, 1.54) is 0 Å². The summed E-state index contributed by atoms with van der Waals surface area (Å²) in [4.78, 5) is 0. The van der Waals surface area contributed by atoms with Crippen LogP contribution >= 0.6 is 15.9 Å². The summed E-state index contributed by atoms with van der Waals surface area (Å²) in [6.07, 6.45) is 0.959. The average Bonchev–Trinajstić information content (AvgIpc) is 2.62. The quantitative estimate of drug-likeness (QED) is 0.605. The van der Waals surface area contributed by atoms with Gasteiger partial charge >= 0.3 is 0 Å². The third-order valence-electron chi connectivity index (χ3n) is 3.66. The minimum Gasteiger partial charge on any atom is -0.496 e. The Morgan fingerprint density at radius 3 is 2.52 bits per heavy atom. The van der Waals surface area contributed by atoms with Crippen LogP contribution < -0.4 is 19.5 Å². The summed E-state index contributed by atoms with van der Waals surface area (Å²) in [6, 6.07) is 12.1. The SMILES string of the molecule is CCCOc1c(Br)cc(CNCc2ccccc2OC)cc1OCC. The molecule has 0 aliphatic carbocycles. The highest BCUT2D eigenvalue weighted by Crippen LogP contribution is 2.37. The van der Waals surface area contributed by atoms with Crippen molar-refractivity contribution in [3.05, 3.63) is 52.0 Å². The zero-order valence-electron chi connectivity index (χ0n) is 15.1. The van der Waals surface area contributed by atoms with Gasteiger partial charge in [-0.05, 0) is 53.0 Å². The topological polar surface area (TPSA) is 39.7 Å². The van der Waals surface area contributed by atoms with E-state index in [-0.39, 0.29) is 0 Å². The van der Waals surface area contributed by atoms with E-state index in [4.69, 9.17) is 14.2 Å². The predicted molar refractivity (Wildman–Crippen MR) is 105 cm³/mol. The lowest BCUT2D eigenvalue weighted by atomic mass is 10.1. The van der Waals surface area contributed by atoms with E-state index in [9.17, 15) is 0 Å². The number of benzene rings is 2. The van der Waals surface area contributed by atoms with Crippen LogP contribution in [0.3, 0.4) is 0 Å². The van der Waals surface area contributed by atoms with Crippen molar-refractivity contribution in [1.82, 2.24) is 5.32 Å². The van der Waals surface area contributed by atoms with Crippen molar-refractivity contribution in [1.29, 1.82) is 0 Å². The number of methoxy groups -OCH3 is 1. The molecule has 0 heterocycles. The van der Waals surface area contributed by atoms with E-state index in [0.29, 0.717) is 13.2 Å². The van der Waals surface area contributed by atoms with Crippen LogP contribution in [0.5, 0.6) is 17.2 Å². The first kappa shape index (κ1) is 19.6. The van der Waals surface area contributed by atoms with Crippen LogP contribution in [0.2, 0.25) is 0 Å². The minimum atomic E-state index is 0.604. The fourth-order valence-corrected chi connectivity index (χ4v) is 3.12. The molecule has 0 fully saturated rings. The number of rotatable bonds is 10. The van der Waals surface area contributed by atoms with Gasteiger partial charge in [0.25, 0.3) is 0 Å². The lowest BCUT2D eigenvalue weighted by molar-refractivity contribution is 0.275. The van der Waals surface area contributed by atoms with Crippen molar-refractivity contribution in [3.8, 4) is 17.2 Å². The second-order valence-electron chi connectivity index (χ2n) is 5.60. The Morgan fingerprint density at radius 2 is 1.80 bits per heavy atom. The molecule has 0 aliphatic rings. The van der Waals surface area contributed by atoms with E-state index in [2.05, 4.69) is 40.3 Å². The molecule has 136 valence electrons. The van der Waals surface area contributed by atoms with Gasteiger partial charge in [-0.2, -0.15) is 0 Å². The number of ether oxygens (including phenoxy) is 3. The number of hydrogen-bond acceptors (Lipinski definition) is 4. The summed E-state index contributed by atoms with van der Waals surface area (Å²) < 4.78 is 17.9. The van der Waals surface area contributed by atoms with E-state index >= 15 is 0 Å². The Labute approximate surface area is 158 Å². The molecular weight excluding hydrogens is 382 g/mol. The Kier molecular flexibility index (Phi) is 8.09. The maximum absolute atomic E-state index is 5.82. The molecule has 2 aromatic carbocycles. The highest BCUT2D eigenvalue weighted by molar-refractivity contribution is 9.10. The molecule has 0 saturated carbocycles. The van der Waals surface area contributed by atoms with Crippen LogP contribution in [0, 0.1) is 0 Å². The predicted octanol–water partition coefficient (Wildman–Crippen LogP) is 4.94. The summed E-state index contributed by atoms with van der Waals surface area (Å²) in [5.74, 6) is 2.45. The van der Waals surface area contributed by atoms with Crippen molar-refractivity contribution in [2.75, 3.05) is 20.3 Å². The van der Waals surface area contributed by atoms with Gasteiger partial charge in [0.1, 0.15) is 5.75 Å². The standard InChI is InChI=1S/C20H26BrNO3/c1-4-10-25-20-17(21)11-15(12-19(20)24-5-2)13-22-14-16-8-6-7-9-18(16)23-3/h6-9,11-12,22H,4-5,10,13-14H2,1-3H3. The first-order chi connectivity index (χ1) is 12.2. The van der Waals surface area contributed by atoms with Gasteiger partial charge in [-0.15, -0.1) is 0 Å². The third-order valence-corrected chi connectivity index (χ3v) is 4.25. The number of halogens is 1. The molecule has 0 unspecified atom stereocenters. The zero-order valence-corrected chi connectivity index (χ0v) is 16.7. The Bertz CT molecular complexity index is 676. The third kappa shape index (κ3) is 5.65. The fraction of sp³-hybridized carbons (Fsp3) is 0.400. The van der Waals surface area contributed by atoms with Crippen LogP contribution in [0.4, 0.5) is 0 Å². The van der Waals surface area contributed by atoms with E-state index < -0.39 is 0 Å². The highest BCUT2D eigenvalue weighted by atomic mass is 79.9. The Hall–Kier alpha value is -1.72. The molecule has 1 N–H and O–H groups in total. The lowest BCUT2D eigenvalue weighted by Gasteiger charge is -2.15. The summed E-state index contributed by atoms with van der Waals surface area (Å²) >= 11 is 3.61. The summed E-state index contributed by atoms with van der Waals surface area (Å²) in [5.41, 5.74) is 2.27. The van der Waals surface area contributed by atoms with Crippen LogP contribution in [0.1, 0.15) is 31.4 Å². The number of para-hydroxylation sites is 1. The van der Waals surface area contributed by atoms with Crippen molar-refractivity contribution < 1.29 is 14.2 Å². The maximum Gasteiger partial charge on any atom is 0.175 e. The summed E-state index contributed by atoms with van der Waals surface area (Å²) in [7, 11) is 1.69. The van der Waals surface area contributed by atoms with E-state index in [1.54, 1.807) is 7.11 Å². The number of hydrogen-bond donors (Lipinski definition) is 1. The highest BCUT2D eigenvalue weighted by Gasteiger charge is 2.12. The van der Waals surface area contributed by atoms with Crippen molar-refractivity contribution >= 4 is 15.9 Å². The molecule has 2 rings (SSSR count). The molecule has 4 nitrogen and oxygen atoms in total. The zero-order chi connectivity index (χ0) is 18.1. The first-order valence-corrected chi connectivity index (χ1v) is 9.39. The molecule has 2 aromatic rings. The van der Waals surface area contributed by atoms with Gasteiger partial charge in [0, 0.05) is 18.7 Å². The molecule has 25 heavy (non-hydrogen) atoms. The largest absolute Gasteiger partial charge is 0.496 e. The molecular formula is C20H26BrNO3. The van der Waals surface area contributed by atoms with Crippen LogP contribution in [-0.4, -0.2) is 20.3 Å². The molecule has 0 spiro atoms. The lowest BCUT2D eigenvalue weighted by Crippen LogP contribution is -2.13. The molecule has 0 aliphatic heterocycles. The normalized spacial score (nSPS) is 10.6. The van der Waals surface area contributed by atoms with Crippen molar-refractivity contribution in [3.63, 3.8) is 0 Å². The fourth-order valence-electron chi connectivity index (χ4n) is 2.52. The van der Waals surface area contributed by atoms with Gasteiger partial charge in [0.05, 0.1) is 24.8 Å². The van der Waals surface area contributed by atoms with Crippen LogP contribution in [0.15, 0.2) is 40.9 Å². The Morgan fingerprint density at radius 1 is 1.00 bits per heavy atom. The molecule has 0 radical (unpaired) electrons. The van der Waals surface area contributed by atoms with Crippen molar-refractivity contribution in [2.24, 2.45) is 0 Å². The first-order valence-electron chi connectivity index (χ1n) is 8.60. The van der Waals surface area contributed by atoms with Gasteiger partial charge < -0.3 is 19.5 Å². The summed E-state index contributed by atoms with van der Waals surface area (Å²) in [6.45, 7) is 6.80. The second kappa shape index (κ2) is 10.3. The minimum absolute atomic E-state index is 0.604. The second-order valence-corrected chi connectivity index (χ2v) is 6.46. The number of nitrogens with one attached hydrogen (secondary N) is 1. The van der Waals surface area contributed by atoms with Crippen LogP contribution in [-0.2, 0) is 13.1 Å². The van der Waals surface area contributed by atoms with E-state index in [1.807, 2.05) is 31.2 Å². The molecule has 0 atom stereocenters. The van der Waals surface area contributed by atoms with Gasteiger partial charge in [0.15, 0.2) is 11.5 Å². The monoisotopic (exact) mass is 407 g/mol. The van der Waals surface area contributed by atoms with Gasteiger partial charge in [-0.25, -0.2) is 0 Å². The van der Waals surface area contributed by atoms with Gasteiger partial charge in [0.2, 0.25) is 0 Å². The van der Waals surface area contributed by atoms with Crippen molar-refractivity contribution in [2.45, 2.75) is 33.4 Å². The smallest absolute Gasteiger partial charge is 0.175 e. The van der Waals surface area contributed by atoms with Crippen LogP contribution in [0.25, 0.3) is 0 Å². The van der Waals surface area contributed by atoms with Gasteiger partial charge in [-0.1, -0.05) is 25.1 Å². The maximum atomic E-state index is 5.82. The average molecular weight is 408 g/mol. The van der Waals surface area contributed by atoms with Gasteiger partial charge in [-0.3, -0.25) is 0 Å². The molecule has 0 amide bonds. The van der Waals surface area contributed by atoms with E-state index in [0.717, 1.165) is 52.4 Å². The molecule has 0 saturated heterocycles. The molecule has 5 heteroatoms.